The standard InChI is InChI=1S/C7H10O/c1-4-6(2)7(3)5-8/h5H,2-4H2,1H3. The molecule has 0 saturated carbocycles. The van der Waals surface area contributed by atoms with Crippen LogP contribution in [0.3, 0.4) is 0 Å². The third-order valence-electron chi connectivity index (χ3n) is 1.02. The second-order valence-electron chi connectivity index (χ2n) is 1.60. The summed E-state index contributed by atoms with van der Waals surface area (Å²) in [5.74, 6) is 0. The second kappa shape index (κ2) is 3.19. The van der Waals surface area contributed by atoms with E-state index in [1.54, 1.807) is 0 Å². The lowest BCUT2D eigenvalue weighted by Crippen LogP contribution is -1.83. The maximum atomic E-state index is 9.94. The van der Waals surface area contributed by atoms with Gasteiger partial charge in [-0.15, -0.1) is 0 Å². The normalized spacial score (nSPS) is 8.12. The Balaban J connectivity index is 3.82. The molecule has 0 rings (SSSR count). The molecule has 44 valence electrons. The molecule has 0 amide bonds. The summed E-state index contributed by atoms with van der Waals surface area (Å²) < 4.78 is 0. The third-order valence-corrected chi connectivity index (χ3v) is 1.02. The van der Waals surface area contributed by atoms with Crippen LogP contribution in [-0.2, 0) is 4.79 Å². The van der Waals surface area contributed by atoms with Gasteiger partial charge in [0.05, 0.1) is 0 Å². The predicted octanol–water partition coefficient (Wildman–Crippen LogP) is 1.71. The van der Waals surface area contributed by atoms with Gasteiger partial charge in [-0.1, -0.05) is 20.1 Å². The lowest BCUT2D eigenvalue weighted by Gasteiger charge is -1.94. The van der Waals surface area contributed by atoms with Crippen LogP contribution in [0.25, 0.3) is 0 Å². The number of hydrogen-bond donors (Lipinski definition) is 0. The van der Waals surface area contributed by atoms with E-state index >= 15 is 0 Å². The summed E-state index contributed by atoms with van der Waals surface area (Å²) in [4.78, 5) is 9.94. The van der Waals surface area contributed by atoms with E-state index in [-0.39, 0.29) is 0 Å². The monoisotopic (exact) mass is 110 g/mol. The zero-order valence-corrected chi connectivity index (χ0v) is 5.11. The first-order valence-electron chi connectivity index (χ1n) is 2.54. The van der Waals surface area contributed by atoms with E-state index in [0.29, 0.717) is 5.57 Å². The molecule has 0 radical (unpaired) electrons. The van der Waals surface area contributed by atoms with Gasteiger partial charge >= 0.3 is 0 Å². The fraction of sp³-hybridized carbons (Fsp3) is 0.286. The summed E-state index contributed by atoms with van der Waals surface area (Å²) in [7, 11) is 0. The van der Waals surface area contributed by atoms with Crippen molar-refractivity contribution in [2.75, 3.05) is 0 Å². The van der Waals surface area contributed by atoms with Crippen LogP contribution in [0.4, 0.5) is 0 Å². The zero-order chi connectivity index (χ0) is 6.57. The minimum atomic E-state index is 0.507. The fourth-order valence-corrected chi connectivity index (χ4v) is 0.310. The van der Waals surface area contributed by atoms with Gasteiger partial charge in [-0.2, -0.15) is 0 Å². The highest BCUT2D eigenvalue weighted by atomic mass is 16.1. The van der Waals surface area contributed by atoms with E-state index in [0.717, 1.165) is 18.3 Å². The summed E-state index contributed by atoms with van der Waals surface area (Å²) in [6, 6.07) is 0. The lowest BCUT2D eigenvalue weighted by molar-refractivity contribution is -0.104. The number of carbonyl (C=O) groups excluding carboxylic acids is 1. The molecular formula is C7H10O. The number of aldehydes is 1. The summed E-state index contributed by atoms with van der Waals surface area (Å²) in [6.45, 7) is 9.03. The van der Waals surface area contributed by atoms with Crippen molar-refractivity contribution in [1.29, 1.82) is 0 Å². The molecule has 0 fully saturated rings. The molecule has 0 aromatic heterocycles. The second-order valence-corrected chi connectivity index (χ2v) is 1.60. The lowest BCUT2D eigenvalue weighted by atomic mass is 10.1. The van der Waals surface area contributed by atoms with Crippen molar-refractivity contribution in [3.8, 4) is 0 Å². The summed E-state index contributed by atoms with van der Waals surface area (Å²) >= 11 is 0. The highest BCUT2D eigenvalue weighted by Gasteiger charge is 1.91. The zero-order valence-electron chi connectivity index (χ0n) is 5.11. The predicted molar refractivity (Wildman–Crippen MR) is 34.6 cm³/mol. The molecule has 0 bridgehead atoms. The molecule has 1 heteroatoms. The Hall–Kier alpha value is -0.850. The van der Waals surface area contributed by atoms with Gasteiger partial charge in [0.1, 0.15) is 6.29 Å². The van der Waals surface area contributed by atoms with E-state index in [9.17, 15) is 4.79 Å². The summed E-state index contributed by atoms with van der Waals surface area (Å²) in [5, 5.41) is 0. The van der Waals surface area contributed by atoms with Gasteiger partial charge in [-0.3, -0.25) is 4.79 Å². The molecule has 0 aliphatic carbocycles. The molecule has 0 aromatic rings. The van der Waals surface area contributed by atoms with E-state index in [1.807, 2.05) is 6.92 Å². The summed E-state index contributed by atoms with van der Waals surface area (Å²) in [6.07, 6.45) is 1.53. The minimum Gasteiger partial charge on any atom is -0.298 e. The van der Waals surface area contributed by atoms with Crippen LogP contribution in [0.2, 0.25) is 0 Å². The number of rotatable bonds is 3. The molecule has 0 unspecified atom stereocenters. The Bertz CT molecular complexity index is 122. The highest BCUT2D eigenvalue weighted by Crippen LogP contribution is 2.04. The van der Waals surface area contributed by atoms with Crippen molar-refractivity contribution in [1.82, 2.24) is 0 Å². The Kier molecular flexibility index (Phi) is 2.85. The van der Waals surface area contributed by atoms with Crippen LogP contribution in [0.5, 0.6) is 0 Å². The van der Waals surface area contributed by atoms with Gasteiger partial charge in [-0.25, -0.2) is 0 Å². The molecule has 0 aromatic carbocycles. The van der Waals surface area contributed by atoms with Gasteiger partial charge in [0.2, 0.25) is 0 Å². The smallest absolute Gasteiger partial charge is 0.149 e. The number of hydrogen-bond acceptors (Lipinski definition) is 1. The molecule has 0 atom stereocenters. The SMILES string of the molecule is C=C(C=O)C(=C)CC. The molecule has 0 aliphatic rings. The maximum Gasteiger partial charge on any atom is 0.149 e. The van der Waals surface area contributed by atoms with Crippen LogP contribution in [0.1, 0.15) is 13.3 Å². The summed E-state index contributed by atoms with van der Waals surface area (Å²) in [5.41, 5.74) is 1.33. The molecule has 8 heavy (non-hydrogen) atoms. The van der Waals surface area contributed by atoms with Crippen LogP contribution < -0.4 is 0 Å². The molecule has 0 spiro atoms. The molecule has 1 nitrogen and oxygen atoms in total. The van der Waals surface area contributed by atoms with Gasteiger partial charge in [0.15, 0.2) is 0 Å². The van der Waals surface area contributed by atoms with Crippen LogP contribution in [0, 0.1) is 0 Å². The number of allylic oxidation sites excluding steroid dienone is 2. The largest absolute Gasteiger partial charge is 0.298 e. The van der Waals surface area contributed by atoms with Crippen LogP contribution in [0.15, 0.2) is 24.3 Å². The quantitative estimate of drug-likeness (QED) is 0.307. The van der Waals surface area contributed by atoms with Crippen LogP contribution >= 0.6 is 0 Å². The molecule has 0 heterocycles. The minimum absolute atomic E-state index is 0.507. The molecular weight excluding hydrogens is 100 g/mol. The van der Waals surface area contributed by atoms with E-state index in [2.05, 4.69) is 13.2 Å². The van der Waals surface area contributed by atoms with Crippen molar-refractivity contribution in [3.05, 3.63) is 24.3 Å². The average Bonchev–Trinajstić information content (AvgIpc) is 1.84. The van der Waals surface area contributed by atoms with Gasteiger partial charge in [0.25, 0.3) is 0 Å². The first-order chi connectivity index (χ1) is 3.72. The van der Waals surface area contributed by atoms with Gasteiger partial charge in [0, 0.05) is 5.57 Å². The molecule has 0 N–H and O–H groups in total. The van der Waals surface area contributed by atoms with Gasteiger partial charge in [-0.05, 0) is 12.0 Å². The van der Waals surface area contributed by atoms with Crippen molar-refractivity contribution in [2.45, 2.75) is 13.3 Å². The van der Waals surface area contributed by atoms with Gasteiger partial charge < -0.3 is 0 Å². The first-order valence-corrected chi connectivity index (χ1v) is 2.54. The van der Waals surface area contributed by atoms with E-state index in [4.69, 9.17) is 0 Å². The van der Waals surface area contributed by atoms with Crippen molar-refractivity contribution in [2.24, 2.45) is 0 Å². The average molecular weight is 110 g/mol. The van der Waals surface area contributed by atoms with Crippen molar-refractivity contribution in [3.63, 3.8) is 0 Å². The first kappa shape index (κ1) is 7.15. The Morgan fingerprint density at radius 2 is 2.12 bits per heavy atom. The van der Waals surface area contributed by atoms with Crippen LogP contribution in [-0.4, -0.2) is 6.29 Å². The van der Waals surface area contributed by atoms with E-state index in [1.165, 1.54) is 0 Å². The third kappa shape index (κ3) is 1.73. The molecule has 0 aliphatic heterocycles. The van der Waals surface area contributed by atoms with Crippen molar-refractivity contribution >= 4 is 6.29 Å². The highest BCUT2D eigenvalue weighted by molar-refractivity contribution is 5.78. The van der Waals surface area contributed by atoms with Crippen molar-refractivity contribution < 1.29 is 4.79 Å². The van der Waals surface area contributed by atoms with E-state index < -0.39 is 0 Å². The molecule has 0 saturated heterocycles. The Labute approximate surface area is 49.7 Å². The Morgan fingerprint density at radius 3 is 2.25 bits per heavy atom. The topological polar surface area (TPSA) is 17.1 Å². The fourth-order valence-electron chi connectivity index (χ4n) is 0.310. The number of carbonyl (C=O) groups is 1. The maximum absolute atomic E-state index is 9.94. The Morgan fingerprint density at radius 1 is 1.62 bits per heavy atom.